The monoisotopic (exact) mass is 411 g/mol. The van der Waals surface area contributed by atoms with Crippen LogP contribution in [0.4, 0.5) is 5.69 Å². The summed E-state index contributed by atoms with van der Waals surface area (Å²) < 4.78 is 29.6. The quantitative estimate of drug-likeness (QED) is 0.502. The van der Waals surface area contributed by atoms with E-state index in [0.717, 1.165) is 24.0 Å². The molecule has 0 amide bonds. The van der Waals surface area contributed by atoms with Gasteiger partial charge in [-0.05, 0) is 61.4 Å². The molecule has 2 aromatic rings. The molecule has 1 aliphatic carbocycles. The Morgan fingerprint density at radius 1 is 1.22 bits per heavy atom. The number of hydrogen-bond donors (Lipinski definition) is 3. The van der Waals surface area contributed by atoms with Gasteiger partial charge in [0.25, 0.3) is 10.1 Å². The maximum atomic E-state index is 10.8. The first-order chi connectivity index (χ1) is 12.6. The highest BCUT2D eigenvalue weighted by Gasteiger charge is 2.33. The summed E-state index contributed by atoms with van der Waals surface area (Å²) in [6.07, 6.45) is 2.40. The van der Waals surface area contributed by atoms with Gasteiger partial charge in [-0.2, -0.15) is 8.42 Å². The van der Waals surface area contributed by atoms with Crippen LogP contribution in [0.1, 0.15) is 36.3 Å². The lowest BCUT2D eigenvalue weighted by atomic mass is 9.91. The van der Waals surface area contributed by atoms with Crippen LogP contribution in [0.2, 0.25) is 5.02 Å². The van der Waals surface area contributed by atoms with Crippen molar-refractivity contribution in [3.8, 4) is 0 Å². The van der Waals surface area contributed by atoms with E-state index in [1.807, 2.05) is 13.0 Å². The first kappa shape index (κ1) is 21.2. The molecule has 146 valence electrons. The molecule has 0 bridgehead atoms. The molecule has 0 radical (unpaired) electrons. The number of anilines is 1. The van der Waals surface area contributed by atoms with Gasteiger partial charge in [-0.25, -0.2) is 0 Å². The van der Waals surface area contributed by atoms with Crippen molar-refractivity contribution in [3.05, 3.63) is 58.6 Å². The van der Waals surface area contributed by atoms with Gasteiger partial charge < -0.3 is 10.8 Å². The zero-order valence-electron chi connectivity index (χ0n) is 14.8. The summed E-state index contributed by atoms with van der Waals surface area (Å²) >= 11 is 5.84. The number of halogens is 1. The fourth-order valence-corrected chi connectivity index (χ4v) is 3.34. The predicted molar refractivity (Wildman–Crippen MR) is 105 cm³/mol. The smallest absolute Gasteiger partial charge is 0.303 e. The lowest BCUT2D eigenvalue weighted by Gasteiger charge is -2.15. The fourth-order valence-electron chi connectivity index (χ4n) is 2.75. The van der Waals surface area contributed by atoms with E-state index < -0.39 is 16.1 Å². The molecule has 0 aliphatic heterocycles. The molecule has 1 aliphatic rings. The van der Waals surface area contributed by atoms with Crippen LogP contribution >= 0.6 is 11.6 Å². The maximum absolute atomic E-state index is 10.8. The molecule has 27 heavy (non-hydrogen) atoms. The summed E-state index contributed by atoms with van der Waals surface area (Å²) in [4.78, 5) is 10.7. The van der Waals surface area contributed by atoms with E-state index in [1.165, 1.54) is 12.1 Å². The van der Waals surface area contributed by atoms with Crippen LogP contribution in [0.3, 0.4) is 0 Å². The molecule has 3 rings (SSSR count). The number of nitrogens with two attached hydrogens (primary N) is 1. The van der Waals surface area contributed by atoms with Gasteiger partial charge in [-0.15, -0.1) is 0 Å². The molecule has 1 fully saturated rings. The lowest BCUT2D eigenvalue weighted by Crippen LogP contribution is -2.08. The summed E-state index contributed by atoms with van der Waals surface area (Å²) in [6, 6.07) is 11.4. The molecule has 0 aromatic heterocycles. The Bertz CT molecular complexity index is 908. The first-order valence-corrected chi connectivity index (χ1v) is 10.2. The van der Waals surface area contributed by atoms with Crippen molar-refractivity contribution in [1.82, 2.24) is 0 Å². The summed E-state index contributed by atoms with van der Waals surface area (Å²) in [7, 11) is -4.02. The van der Waals surface area contributed by atoms with Crippen molar-refractivity contribution in [2.45, 2.75) is 37.0 Å². The van der Waals surface area contributed by atoms with E-state index in [9.17, 15) is 13.2 Å². The predicted octanol–water partition coefficient (Wildman–Crippen LogP) is 4.13. The highest BCUT2D eigenvalue weighted by molar-refractivity contribution is 7.85. The van der Waals surface area contributed by atoms with Gasteiger partial charge >= 0.3 is 5.97 Å². The van der Waals surface area contributed by atoms with Gasteiger partial charge in [0.05, 0.1) is 22.0 Å². The molecule has 0 spiro atoms. The molecule has 1 saturated carbocycles. The Kier molecular flexibility index (Phi) is 6.86. The van der Waals surface area contributed by atoms with Crippen LogP contribution in [0, 0.1) is 12.8 Å². The number of benzene rings is 2. The van der Waals surface area contributed by atoms with Crippen LogP contribution in [0.5, 0.6) is 0 Å². The highest BCUT2D eigenvalue weighted by atomic mass is 35.5. The largest absolute Gasteiger partial charge is 0.481 e. The molecular weight excluding hydrogens is 390 g/mol. The minimum absolute atomic E-state index is 0.0666. The van der Waals surface area contributed by atoms with Crippen molar-refractivity contribution >= 4 is 33.4 Å². The van der Waals surface area contributed by atoms with E-state index in [2.05, 4.69) is 0 Å². The number of carbonyl (C=O) groups is 1. The molecule has 8 heteroatoms. The van der Waals surface area contributed by atoms with E-state index >= 15 is 0 Å². The molecule has 4 N–H and O–H groups in total. The Hall–Kier alpha value is -2.09. The number of nitrogen functional groups attached to an aromatic ring is 1. The van der Waals surface area contributed by atoms with Crippen LogP contribution in [0.25, 0.3) is 0 Å². The van der Waals surface area contributed by atoms with Crippen LogP contribution in [-0.2, 0) is 14.9 Å². The standard InChI is InChI=1S/C12H14ClNO2.C7H8O3S/c13-10-4-3-8(5-11(10)14)9(6-12(15)16)7-1-2-7;1-6-2-4-7(5-3-6)11(8,9)10/h3-5,7,9H,1-2,6,14H2,(H,15,16);2-5H,1H3,(H,8,9,10). The lowest BCUT2D eigenvalue weighted by molar-refractivity contribution is -0.137. The first-order valence-electron chi connectivity index (χ1n) is 8.39. The van der Waals surface area contributed by atoms with E-state index in [0.29, 0.717) is 16.6 Å². The van der Waals surface area contributed by atoms with E-state index in [1.54, 1.807) is 24.3 Å². The van der Waals surface area contributed by atoms with Crippen molar-refractivity contribution in [1.29, 1.82) is 0 Å². The molecule has 2 aromatic carbocycles. The normalized spacial score (nSPS) is 14.8. The Morgan fingerprint density at radius 3 is 2.26 bits per heavy atom. The van der Waals surface area contributed by atoms with Gasteiger partial charge in [0.1, 0.15) is 0 Å². The van der Waals surface area contributed by atoms with Gasteiger partial charge in [0.2, 0.25) is 0 Å². The molecular formula is C19H22ClNO5S. The van der Waals surface area contributed by atoms with E-state index in [-0.39, 0.29) is 17.2 Å². The van der Waals surface area contributed by atoms with Crippen molar-refractivity contribution in [3.63, 3.8) is 0 Å². The number of rotatable bonds is 5. The maximum Gasteiger partial charge on any atom is 0.303 e. The topological polar surface area (TPSA) is 118 Å². The Balaban J connectivity index is 0.000000208. The van der Waals surface area contributed by atoms with Crippen molar-refractivity contribution in [2.75, 3.05) is 5.73 Å². The van der Waals surface area contributed by atoms with Crippen molar-refractivity contribution < 1.29 is 22.9 Å². The Morgan fingerprint density at radius 2 is 1.81 bits per heavy atom. The third-order valence-corrected chi connectivity index (χ3v) is 5.56. The SMILES string of the molecule is Cc1ccc(S(=O)(=O)O)cc1.Nc1cc(C(CC(=O)O)C2CC2)ccc1Cl. The zero-order chi connectivity index (χ0) is 20.2. The number of carboxylic acids is 1. The second kappa shape index (κ2) is 8.73. The Labute approximate surface area is 163 Å². The van der Waals surface area contributed by atoms with Gasteiger partial charge in [0, 0.05) is 0 Å². The second-order valence-electron chi connectivity index (χ2n) is 6.61. The number of aryl methyl sites for hydroxylation is 1. The average Bonchev–Trinajstić information content (AvgIpc) is 3.40. The average molecular weight is 412 g/mol. The molecule has 1 atom stereocenters. The van der Waals surface area contributed by atoms with Crippen LogP contribution < -0.4 is 5.73 Å². The van der Waals surface area contributed by atoms with Crippen LogP contribution in [-0.4, -0.2) is 24.0 Å². The number of carboxylic acid groups (broad SMARTS) is 1. The molecule has 1 unspecified atom stereocenters. The van der Waals surface area contributed by atoms with E-state index in [4.69, 9.17) is 27.0 Å². The van der Waals surface area contributed by atoms with Gasteiger partial charge in [-0.3, -0.25) is 9.35 Å². The minimum Gasteiger partial charge on any atom is -0.481 e. The van der Waals surface area contributed by atoms with Gasteiger partial charge in [0.15, 0.2) is 0 Å². The van der Waals surface area contributed by atoms with Crippen molar-refractivity contribution in [2.24, 2.45) is 5.92 Å². The summed E-state index contributed by atoms with van der Waals surface area (Å²) in [5.74, 6) is -0.181. The van der Waals surface area contributed by atoms with Crippen LogP contribution in [0.15, 0.2) is 47.4 Å². The molecule has 6 nitrogen and oxygen atoms in total. The third-order valence-electron chi connectivity index (χ3n) is 4.35. The second-order valence-corrected chi connectivity index (χ2v) is 8.44. The number of hydrogen-bond acceptors (Lipinski definition) is 4. The highest BCUT2D eigenvalue weighted by Crippen LogP contribution is 2.45. The molecule has 0 saturated heterocycles. The summed E-state index contributed by atoms with van der Waals surface area (Å²) in [5, 5.41) is 9.41. The fraction of sp³-hybridized carbons (Fsp3) is 0.316. The zero-order valence-corrected chi connectivity index (χ0v) is 16.4. The third kappa shape index (κ3) is 6.53. The molecule has 0 heterocycles. The number of aliphatic carboxylic acids is 1. The summed E-state index contributed by atoms with van der Waals surface area (Å²) in [5.41, 5.74) is 8.20. The van der Waals surface area contributed by atoms with Gasteiger partial charge in [-0.1, -0.05) is 35.4 Å². The minimum atomic E-state index is -4.02. The summed E-state index contributed by atoms with van der Waals surface area (Å²) in [6.45, 7) is 1.84.